The molecular weight excluding hydrogens is 330 g/mol. The van der Waals surface area contributed by atoms with Gasteiger partial charge in [0.25, 0.3) is 0 Å². The molecule has 0 atom stereocenters. The summed E-state index contributed by atoms with van der Waals surface area (Å²) >= 11 is 0. The standard InChI is InChI=1S/C20H29N3O3/c1-4-23(17-10-6-5-7-11-17)20(25)15-22(2)14-19(24)21-16-9-8-12-18(13-16)26-3/h8-10,12-13H,4-7,11,14-15H2,1-3H3,(H,21,24). The fourth-order valence-electron chi connectivity index (χ4n) is 3.12. The molecule has 1 aliphatic carbocycles. The molecule has 1 N–H and O–H groups in total. The van der Waals surface area contributed by atoms with Crippen molar-refractivity contribution in [3.05, 3.63) is 36.0 Å². The van der Waals surface area contributed by atoms with Gasteiger partial charge in [-0.1, -0.05) is 12.1 Å². The van der Waals surface area contributed by atoms with E-state index in [0.29, 0.717) is 18.0 Å². The normalized spacial score (nSPS) is 13.9. The Morgan fingerprint density at radius 2 is 2.04 bits per heavy atom. The minimum Gasteiger partial charge on any atom is -0.497 e. The number of benzene rings is 1. The Hall–Kier alpha value is -2.34. The number of carbonyl (C=O) groups excluding carboxylic acids is 2. The Kier molecular flexibility index (Phi) is 7.66. The third kappa shape index (κ3) is 5.88. The maximum absolute atomic E-state index is 12.6. The zero-order valence-corrected chi connectivity index (χ0v) is 16.0. The van der Waals surface area contributed by atoms with E-state index in [1.807, 2.05) is 24.0 Å². The van der Waals surface area contributed by atoms with Crippen LogP contribution in [0.15, 0.2) is 36.0 Å². The second-order valence-electron chi connectivity index (χ2n) is 6.53. The number of ether oxygens (including phenoxy) is 1. The van der Waals surface area contributed by atoms with Gasteiger partial charge in [0.15, 0.2) is 0 Å². The van der Waals surface area contributed by atoms with Crippen molar-refractivity contribution in [2.75, 3.05) is 39.1 Å². The van der Waals surface area contributed by atoms with E-state index in [1.165, 1.54) is 6.42 Å². The summed E-state index contributed by atoms with van der Waals surface area (Å²) < 4.78 is 5.15. The molecule has 6 nitrogen and oxygen atoms in total. The lowest BCUT2D eigenvalue weighted by Gasteiger charge is -2.28. The minimum absolute atomic E-state index is 0.0392. The van der Waals surface area contributed by atoms with Crippen LogP contribution in [-0.4, -0.2) is 55.4 Å². The van der Waals surface area contributed by atoms with E-state index < -0.39 is 0 Å². The Labute approximate surface area is 155 Å². The highest BCUT2D eigenvalue weighted by atomic mass is 16.5. The third-order valence-electron chi connectivity index (χ3n) is 4.40. The molecule has 2 amide bonds. The van der Waals surface area contributed by atoms with Gasteiger partial charge in [-0.05, 0) is 51.8 Å². The Morgan fingerprint density at radius 1 is 1.23 bits per heavy atom. The highest BCUT2D eigenvalue weighted by molar-refractivity contribution is 5.92. The molecule has 0 fully saturated rings. The molecule has 0 spiro atoms. The molecule has 0 radical (unpaired) electrons. The first-order valence-corrected chi connectivity index (χ1v) is 9.15. The van der Waals surface area contributed by atoms with Crippen molar-refractivity contribution in [1.82, 2.24) is 9.80 Å². The molecule has 2 rings (SSSR count). The number of methoxy groups -OCH3 is 1. The maximum Gasteiger partial charge on any atom is 0.240 e. The van der Waals surface area contributed by atoms with Gasteiger partial charge in [-0.3, -0.25) is 14.5 Å². The molecule has 0 aromatic heterocycles. The summed E-state index contributed by atoms with van der Waals surface area (Å²) in [5, 5.41) is 2.83. The molecule has 142 valence electrons. The zero-order valence-electron chi connectivity index (χ0n) is 16.0. The number of nitrogens with one attached hydrogen (secondary N) is 1. The van der Waals surface area contributed by atoms with Crippen LogP contribution in [0.3, 0.4) is 0 Å². The molecule has 26 heavy (non-hydrogen) atoms. The van der Waals surface area contributed by atoms with Crippen LogP contribution in [0.5, 0.6) is 5.75 Å². The van der Waals surface area contributed by atoms with Crippen LogP contribution in [0.25, 0.3) is 0 Å². The summed E-state index contributed by atoms with van der Waals surface area (Å²) in [5.41, 5.74) is 1.80. The quantitative estimate of drug-likeness (QED) is 0.775. The predicted molar refractivity (Wildman–Crippen MR) is 103 cm³/mol. The van der Waals surface area contributed by atoms with Gasteiger partial charge in [-0.15, -0.1) is 0 Å². The van der Waals surface area contributed by atoms with Gasteiger partial charge in [-0.2, -0.15) is 0 Å². The van der Waals surface area contributed by atoms with Gasteiger partial charge in [0.1, 0.15) is 5.75 Å². The van der Waals surface area contributed by atoms with Crippen molar-refractivity contribution in [2.24, 2.45) is 0 Å². The number of allylic oxidation sites excluding steroid dienone is 2. The van der Waals surface area contributed by atoms with Crippen molar-refractivity contribution < 1.29 is 14.3 Å². The number of anilines is 1. The Morgan fingerprint density at radius 3 is 2.69 bits per heavy atom. The molecule has 6 heteroatoms. The zero-order chi connectivity index (χ0) is 18.9. The summed E-state index contributed by atoms with van der Waals surface area (Å²) in [4.78, 5) is 28.4. The number of likely N-dealkylation sites (N-methyl/N-ethyl adjacent to an activating group) is 2. The number of rotatable bonds is 8. The summed E-state index contributed by atoms with van der Waals surface area (Å²) in [6, 6.07) is 7.20. The Bertz CT molecular complexity index is 657. The van der Waals surface area contributed by atoms with Crippen LogP contribution in [0.4, 0.5) is 5.69 Å². The van der Waals surface area contributed by atoms with E-state index in [2.05, 4.69) is 11.4 Å². The van der Waals surface area contributed by atoms with Gasteiger partial charge in [0, 0.05) is 24.0 Å². The van der Waals surface area contributed by atoms with Gasteiger partial charge >= 0.3 is 0 Å². The SMILES string of the molecule is CCN(C(=O)CN(C)CC(=O)Nc1cccc(OC)c1)C1=CCCCC1. The molecule has 0 saturated heterocycles. The molecule has 0 heterocycles. The molecule has 0 unspecified atom stereocenters. The van der Waals surface area contributed by atoms with E-state index in [1.54, 1.807) is 31.2 Å². The number of nitrogens with zero attached hydrogens (tertiary/aromatic N) is 2. The van der Waals surface area contributed by atoms with E-state index >= 15 is 0 Å². The molecule has 1 aromatic rings. The van der Waals surface area contributed by atoms with Crippen LogP contribution < -0.4 is 10.1 Å². The molecule has 1 aliphatic rings. The van der Waals surface area contributed by atoms with Crippen molar-refractivity contribution in [3.8, 4) is 5.75 Å². The molecule has 1 aromatic carbocycles. The summed E-state index contributed by atoms with van der Waals surface area (Å²) in [7, 11) is 3.37. The average Bonchev–Trinajstić information content (AvgIpc) is 2.63. The van der Waals surface area contributed by atoms with Gasteiger partial charge in [0.2, 0.25) is 11.8 Å². The highest BCUT2D eigenvalue weighted by Crippen LogP contribution is 2.21. The summed E-state index contributed by atoms with van der Waals surface area (Å²) in [6.45, 7) is 3.02. The van der Waals surface area contributed by atoms with E-state index in [0.717, 1.165) is 25.0 Å². The lowest BCUT2D eigenvalue weighted by Crippen LogP contribution is -2.41. The second-order valence-corrected chi connectivity index (χ2v) is 6.53. The van der Waals surface area contributed by atoms with Crippen molar-refractivity contribution in [3.63, 3.8) is 0 Å². The van der Waals surface area contributed by atoms with Crippen LogP contribution in [0.1, 0.15) is 32.6 Å². The van der Waals surface area contributed by atoms with Crippen LogP contribution in [-0.2, 0) is 9.59 Å². The molecule has 0 aliphatic heterocycles. The van der Waals surface area contributed by atoms with Crippen molar-refractivity contribution >= 4 is 17.5 Å². The first kappa shape index (κ1) is 20.0. The lowest BCUT2D eigenvalue weighted by atomic mass is 10.0. The topological polar surface area (TPSA) is 61.9 Å². The van der Waals surface area contributed by atoms with Crippen LogP contribution in [0, 0.1) is 0 Å². The smallest absolute Gasteiger partial charge is 0.240 e. The number of hydrogen-bond acceptors (Lipinski definition) is 4. The number of amides is 2. The predicted octanol–water partition coefficient (Wildman–Crippen LogP) is 2.87. The first-order chi connectivity index (χ1) is 12.5. The van der Waals surface area contributed by atoms with Gasteiger partial charge < -0.3 is 15.0 Å². The minimum atomic E-state index is -0.159. The average molecular weight is 359 g/mol. The fourth-order valence-corrected chi connectivity index (χ4v) is 3.12. The largest absolute Gasteiger partial charge is 0.497 e. The molecule has 0 bridgehead atoms. The Balaban J connectivity index is 1.86. The monoisotopic (exact) mass is 359 g/mol. The lowest BCUT2D eigenvalue weighted by molar-refractivity contribution is -0.130. The van der Waals surface area contributed by atoms with Gasteiger partial charge in [-0.25, -0.2) is 0 Å². The number of carbonyl (C=O) groups is 2. The third-order valence-corrected chi connectivity index (χ3v) is 4.40. The molecule has 0 saturated carbocycles. The van der Waals surface area contributed by atoms with E-state index in [-0.39, 0.29) is 24.9 Å². The van der Waals surface area contributed by atoms with Crippen molar-refractivity contribution in [1.29, 1.82) is 0 Å². The summed E-state index contributed by atoms with van der Waals surface area (Å²) in [5.74, 6) is 0.566. The second kappa shape index (κ2) is 9.97. The fraction of sp³-hybridized carbons (Fsp3) is 0.500. The van der Waals surface area contributed by atoms with Gasteiger partial charge in [0.05, 0.1) is 20.2 Å². The van der Waals surface area contributed by atoms with Crippen LogP contribution >= 0.6 is 0 Å². The van der Waals surface area contributed by atoms with Crippen molar-refractivity contribution in [2.45, 2.75) is 32.6 Å². The van der Waals surface area contributed by atoms with E-state index in [4.69, 9.17) is 4.74 Å². The summed E-state index contributed by atoms with van der Waals surface area (Å²) in [6.07, 6.45) is 6.49. The molecular formula is C20H29N3O3. The van der Waals surface area contributed by atoms with E-state index in [9.17, 15) is 9.59 Å². The van der Waals surface area contributed by atoms with Crippen LogP contribution in [0.2, 0.25) is 0 Å². The number of hydrogen-bond donors (Lipinski definition) is 1. The maximum atomic E-state index is 12.6. The first-order valence-electron chi connectivity index (χ1n) is 9.15. The highest BCUT2D eigenvalue weighted by Gasteiger charge is 2.20.